The highest BCUT2D eigenvalue weighted by Crippen LogP contribution is 2.17. The van der Waals surface area contributed by atoms with Crippen LogP contribution in [0.15, 0.2) is 35.4 Å². The highest BCUT2D eigenvalue weighted by Gasteiger charge is 2.24. The maximum atomic E-state index is 12.5. The Balaban J connectivity index is 1.61. The summed E-state index contributed by atoms with van der Waals surface area (Å²) in [6.45, 7) is 6.76. The largest absolute Gasteiger partial charge is 0.333 e. The first-order valence-corrected chi connectivity index (χ1v) is 10.1. The van der Waals surface area contributed by atoms with Gasteiger partial charge in [-0.3, -0.25) is 0 Å². The van der Waals surface area contributed by atoms with Crippen molar-refractivity contribution in [2.75, 3.05) is 5.75 Å². The Morgan fingerprint density at radius 3 is 2.71 bits per heavy atom. The molecule has 1 N–H and O–H groups in total. The van der Waals surface area contributed by atoms with Crippen molar-refractivity contribution in [2.24, 2.45) is 0 Å². The van der Waals surface area contributed by atoms with Gasteiger partial charge in [0.1, 0.15) is 5.82 Å². The van der Waals surface area contributed by atoms with Gasteiger partial charge in [0.2, 0.25) is 0 Å². The molecule has 0 amide bonds. The van der Waals surface area contributed by atoms with Gasteiger partial charge in [0.05, 0.1) is 16.3 Å². The van der Waals surface area contributed by atoms with E-state index in [9.17, 15) is 8.42 Å². The first-order valence-electron chi connectivity index (χ1n) is 8.41. The summed E-state index contributed by atoms with van der Waals surface area (Å²) >= 11 is 0. The maximum Gasteiger partial charge on any atom is 0.179 e. The van der Waals surface area contributed by atoms with Gasteiger partial charge in [0.25, 0.3) is 0 Å². The van der Waals surface area contributed by atoms with Gasteiger partial charge in [0, 0.05) is 31.2 Å². The molecular formula is C18H25N3O2S. The molecule has 0 unspecified atom stereocenters. The number of benzene rings is 1. The molecule has 0 saturated carbocycles. The monoisotopic (exact) mass is 347 g/mol. The summed E-state index contributed by atoms with van der Waals surface area (Å²) in [6.07, 6.45) is 3.99. The number of sulfone groups is 1. The van der Waals surface area contributed by atoms with Gasteiger partial charge in [-0.1, -0.05) is 17.7 Å². The Morgan fingerprint density at radius 2 is 2.00 bits per heavy atom. The Labute approximate surface area is 144 Å². The highest BCUT2D eigenvalue weighted by atomic mass is 32.2. The molecule has 0 fully saturated rings. The zero-order chi connectivity index (χ0) is 17.3. The molecule has 0 aliphatic carbocycles. The SMILES string of the molecule is Cc1ccc(S(=O)(=O)C[C@H](C)N[C@@H]2CCc3nc(C)cn3C2)cc1. The minimum Gasteiger partial charge on any atom is -0.333 e. The Hall–Kier alpha value is -1.66. The molecule has 6 heteroatoms. The molecule has 3 rings (SSSR count). The van der Waals surface area contributed by atoms with E-state index in [1.165, 1.54) is 0 Å². The second-order valence-corrected chi connectivity index (χ2v) is 8.88. The number of hydrogen-bond donors (Lipinski definition) is 1. The number of aryl methyl sites for hydroxylation is 3. The molecule has 1 aromatic carbocycles. The Kier molecular flexibility index (Phi) is 4.78. The normalized spacial score (nSPS) is 19.0. The van der Waals surface area contributed by atoms with Crippen molar-refractivity contribution in [1.82, 2.24) is 14.9 Å². The zero-order valence-electron chi connectivity index (χ0n) is 14.5. The quantitative estimate of drug-likeness (QED) is 0.901. The van der Waals surface area contributed by atoms with Crippen LogP contribution in [0.4, 0.5) is 0 Å². The second-order valence-electron chi connectivity index (χ2n) is 6.85. The van der Waals surface area contributed by atoms with Gasteiger partial charge in [-0.25, -0.2) is 13.4 Å². The van der Waals surface area contributed by atoms with Crippen LogP contribution in [0.5, 0.6) is 0 Å². The molecule has 0 bridgehead atoms. The van der Waals surface area contributed by atoms with Gasteiger partial charge in [-0.2, -0.15) is 0 Å². The number of imidazole rings is 1. The molecule has 2 aromatic rings. The summed E-state index contributed by atoms with van der Waals surface area (Å²) < 4.78 is 27.3. The van der Waals surface area contributed by atoms with E-state index in [-0.39, 0.29) is 17.8 Å². The lowest BCUT2D eigenvalue weighted by molar-refractivity contribution is 0.357. The van der Waals surface area contributed by atoms with E-state index in [1.54, 1.807) is 12.1 Å². The third kappa shape index (κ3) is 3.87. The topological polar surface area (TPSA) is 64.0 Å². The fourth-order valence-electron chi connectivity index (χ4n) is 3.34. The molecule has 0 radical (unpaired) electrons. The average Bonchev–Trinajstić information content (AvgIpc) is 2.86. The molecular weight excluding hydrogens is 322 g/mol. The fraction of sp³-hybridized carbons (Fsp3) is 0.500. The van der Waals surface area contributed by atoms with Crippen LogP contribution < -0.4 is 5.32 Å². The number of nitrogens with one attached hydrogen (secondary N) is 1. The van der Waals surface area contributed by atoms with E-state index in [0.717, 1.165) is 36.5 Å². The summed E-state index contributed by atoms with van der Waals surface area (Å²) in [5, 5.41) is 3.48. The van der Waals surface area contributed by atoms with Crippen LogP contribution >= 0.6 is 0 Å². The molecule has 2 heterocycles. The van der Waals surface area contributed by atoms with Crippen molar-refractivity contribution in [3.05, 3.63) is 47.5 Å². The minimum absolute atomic E-state index is 0.0903. The van der Waals surface area contributed by atoms with Crippen LogP contribution in [0.1, 0.15) is 30.4 Å². The maximum absolute atomic E-state index is 12.5. The van der Waals surface area contributed by atoms with Crippen LogP contribution in [0.2, 0.25) is 0 Å². The van der Waals surface area contributed by atoms with E-state index in [0.29, 0.717) is 4.90 Å². The van der Waals surface area contributed by atoms with Gasteiger partial charge < -0.3 is 9.88 Å². The van der Waals surface area contributed by atoms with Gasteiger partial charge >= 0.3 is 0 Å². The van der Waals surface area contributed by atoms with Crippen LogP contribution in [-0.4, -0.2) is 35.8 Å². The minimum atomic E-state index is -3.27. The molecule has 2 atom stereocenters. The summed E-state index contributed by atoms with van der Waals surface area (Å²) in [5.74, 6) is 1.24. The van der Waals surface area contributed by atoms with Crippen molar-refractivity contribution in [2.45, 2.75) is 57.1 Å². The van der Waals surface area contributed by atoms with Crippen LogP contribution in [0.25, 0.3) is 0 Å². The first kappa shape index (κ1) is 17.2. The van der Waals surface area contributed by atoms with Crippen molar-refractivity contribution < 1.29 is 8.42 Å². The van der Waals surface area contributed by atoms with Gasteiger partial charge in [-0.15, -0.1) is 0 Å². The molecule has 24 heavy (non-hydrogen) atoms. The van der Waals surface area contributed by atoms with Crippen molar-refractivity contribution in [3.63, 3.8) is 0 Å². The predicted molar refractivity (Wildman–Crippen MR) is 94.9 cm³/mol. The van der Waals surface area contributed by atoms with Crippen LogP contribution in [0.3, 0.4) is 0 Å². The smallest absolute Gasteiger partial charge is 0.179 e. The van der Waals surface area contributed by atoms with E-state index in [4.69, 9.17) is 0 Å². The van der Waals surface area contributed by atoms with E-state index < -0.39 is 9.84 Å². The van der Waals surface area contributed by atoms with Crippen molar-refractivity contribution in [3.8, 4) is 0 Å². The number of hydrogen-bond acceptors (Lipinski definition) is 4. The first-order chi connectivity index (χ1) is 11.3. The zero-order valence-corrected chi connectivity index (χ0v) is 15.3. The lowest BCUT2D eigenvalue weighted by atomic mass is 10.1. The van der Waals surface area contributed by atoms with Crippen molar-refractivity contribution in [1.29, 1.82) is 0 Å². The fourth-order valence-corrected chi connectivity index (χ4v) is 4.84. The van der Waals surface area contributed by atoms with Crippen LogP contribution in [-0.2, 0) is 22.8 Å². The van der Waals surface area contributed by atoms with E-state index in [2.05, 4.69) is 21.1 Å². The highest BCUT2D eigenvalue weighted by molar-refractivity contribution is 7.91. The van der Waals surface area contributed by atoms with Gasteiger partial charge in [-0.05, 0) is 39.3 Å². The Morgan fingerprint density at radius 1 is 1.29 bits per heavy atom. The second kappa shape index (κ2) is 6.69. The predicted octanol–water partition coefficient (Wildman–Crippen LogP) is 2.27. The van der Waals surface area contributed by atoms with Gasteiger partial charge in [0.15, 0.2) is 9.84 Å². The average molecular weight is 347 g/mol. The molecule has 1 aromatic heterocycles. The molecule has 0 spiro atoms. The summed E-state index contributed by atoms with van der Waals surface area (Å²) in [7, 11) is -3.27. The summed E-state index contributed by atoms with van der Waals surface area (Å²) in [6, 6.07) is 7.27. The number of fused-ring (bicyclic) bond motifs is 1. The lowest BCUT2D eigenvalue weighted by Gasteiger charge is -2.27. The lowest BCUT2D eigenvalue weighted by Crippen LogP contribution is -2.44. The Bertz CT molecular complexity index is 809. The molecule has 5 nitrogen and oxygen atoms in total. The number of nitrogens with zero attached hydrogens (tertiary/aromatic N) is 2. The third-order valence-electron chi connectivity index (χ3n) is 4.48. The van der Waals surface area contributed by atoms with E-state index in [1.807, 2.05) is 32.9 Å². The van der Waals surface area contributed by atoms with Crippen LogP contribution in [0, 0.1) is 13.8 Å². The molecule has 130 valence electrons. The summed E-state index contributed by atoms with van der Waals surface area (Å²) in [4.78, 5) is 4.91. The molecule has 1 aliphatic heterocycles. The molecule has 1 aliphatic rings. The number of rotatable bonds is 5. The molecule has 0 saturated heterocycles. The summed E-state index contributed by atoms with van der Waals surface area (Å²) in [5.41, 5.74) is 2.11. The van der Waals surface area contributed by atoms with E-state index >= 15 is 0 Å². The van der Waals surface area contributed by atoms with Crippen molar-refractivity contribution >= 4 is 9.84 Å². The third-order valence-corrected chi connectivity index (χ3v) is 6.41. The number of aromatic nitrogens is 2. The standard InChI is InChI=1S/C18H25N3O2S/c1-13-4-7-17(8-5-13)24(22,23)12-15(3)19-16-6-9-18-20-14(2)10-21(18)11-16/h4-5,7-8,10,15-16,19H,6,9,11-12H2,1-3H3/t15-,16+/m0/s1.